The number of nitrogens with zero attached hydrogens (tertiary/aromatic N) is 1. The molecule has 2 aromatic carbocycles. The molecule has 4 nitrogen and oxygen atoms in total. The van der Waals surface area contributed by atoms with Gasteiger partial charge in [-0.15, -0.1) is 0 Å². The molecule has 0 saturated carbocycles. The van der Waals surface area contributed by atoms with Gasteiger partial charge in [0.15, 0.2) is 11.5 Å². The lowest BCUT2D eigenvalue weighted by atomic mass is 10.1. The molecule has 0 radical (unpaired) electrons. The first-order valence-corrected chi connectivity index (χ1v) is 11.5. The third-order valence-electron chi connectivity index (χ3n) is 4.66. The quantitative estimate of drug-likeness (QED) is 0.268. The fourth-order valence-corrected chi connectivity index (χ4v) is 4.37. The number of hydrogen-bond donors (Lipinski definition) is 0. The lowest BCUT2D eigenvalue weighted by molar-refractivity contribution is -0.122. The second-order valence-corrected chi connectivity index (χ2v) is 8.59. The maximum atomic E-state index is 12.9. The van der Waals surface area contributed by atoms with Gasteiger partial charge in [0.05, 0.1) is 18.1 Å². The van der Waals surface area contributed by atoms with Gasteiger partial charge in [-0.3, -0.25) is 9.69 Å². The maximum Gasteiger partial charge on any atom is 0.266 e. The van der Waals surface area contributed by atoms with Gasteiger partial charge in [-0.25, -0.2) is 0 Å². The maximum absolute atomic E-state index is 12.9. The van der Waals surface area contributed by atoms with Crippen LogP contribution < -0.4 is 9.47 Å². The van der Waals surface area contributed by atoms with Crippen LogP contribution in [0.25, 0.3) is 6.08 Å². The highest BCUT2D eigenvalue weighted by Gasteiger charge is 2.31. The first-order chi connectivity index (χ1) is 14.6. The fraction of sp³-hybridized carbons (Fsp3) is 0.333. The summed E-state index contributed by atoms with van der Waals surface area (Å²) >= 11 is 6.81. The summed E-state index contributed by atoms with van der Waals surface area (Å²) in [6, 6.07) is 15.9. The summed E-state index contributed by atoms with van der Waals surface area (Å²) in [5, 5.41) is 0. The lowest BCUT2D eigenvalue weighted by Crippen LogP contribution is -2.30. The van der Waals surface area contributed by atoms with E-state index < -0.39 is 0 Å². The number of ether oxygens (including phenoxy) is 2. The minimum atomic E-state index is -0.0397. The van der Waals surface area contributed by atoms with Crippen molar-refractivity contribution in [2.45, 2.75) is 33.1 Å². The Bertz CT molecular complexity index is 912. The molecule has 3 rings (SSSR count). The van der Waals surface area contributed by atoms with Crippen LogP contribution in [-0.2, 0) is 11.2 Å². The topological polar surface area (TPSA) is 38.8 Å². The molecular formula is C24H27NO3S2. The predicted molar refractivity (Wildman–Crippen MR) is 128 cm³/mol. The molecule has 1 heterocycles. The number of carbonyl (C=O) groups is 1. The summed E-state index contributed by atoms with van der Waals surface area (Å²) in [4.78, 5) is 15.2. The van der Waals surface area contributed by atoms with E-state index in [4.69, 9.17) is 21.7 Å². The first kappa shape index (κ1) is 22.4. The van der Waals surface area contributed by atoms with Gasteiger partial charge < -0.3 is 9.47 Å². The Morgan fingerprint density at radius 1 is 1.07 bits per heavy atom. The predicted octanol–water partition coefficient (Wildman–Crippen LogP) is 5.71. The van der Waals surface area contributed by atoms with E-state index in [2.05, 4.69) is 19.1 Å². The molecule has 1 fully saturated rings. The Hall–Kier alpha value is -2.31. The van der Waals surface area contributed by atoms with Crippen molar-refractivity contribution in [3.05, 3.63) is 64.6 Å². The van der Waals surface area contributed by atoms with E-state index in [0.717, 1.165) is 30.6 Å². The molecule has 0 aliphatic carbocycles. The van der Waals surface area contributed by atoms with E-state index in [9.17, 15) is 4.79 Å². The van der Waals surface area contributed by atoms with Gasteiger partial charge in [0.1, 0.15) is 4.32 Å². The number of carbonyl (C=O) groups excluding carboxylic acids is 1. The standard InChI is InChI=1S/C24H27NO3S2/c1-3-5-15-28-20-12-11-19(16-21(20)27-4-2)17-22-23(26)25(24(29)30-22)14-13-18-9-7-6-8-10-18/h6-12,16-17H,3-5,13-15H2,1-2H3. The second kappa shape index (κ2) is 11.2. The Morgan fingerprint density at radius 2 is 1.87 bits per heavy atom. The molecular weight excluding hydrogens is 414 g/mol. The summed E-state index contributed by atoms with van der Waals surface area (Å²) < 4.78 is 12.2. The monoisotopic (exact) mass is 441 g/mol. The third kappa shape index (κ3) is 5.86. The zero-order valence-electron chi connectivity index (χ0n) is 17.4. The summed E-state index contributed by atoms with van der Waals surface area (Å²) in [7, 11) is 0. The summed E-state index contributed by atoms with van der Waals surface area (Å²) in [5.74, 6) is 1.39. The largest absolute Gasteiger partial charge is 0.490 e. The molecule has 0 atom stereocenters. The van der Waals surface area contributed by atoms with Gasteiger partial charge in [-0.05, 0) is 49.1 Å². The highest BCUT2D eigenvalue weighted by molar-refractivity contribution is 8.26. The molecule has 1 aliphatic rings. The van der Waals surface area contributed by atoms with Crippen LogP contribution in [0, 0.1) is 0 Å². The van der Waals surface area contributed by atoms with Gasteiger partial charge in [-0.1, -0.05) is 73.7 Å². The van der Waals surface area contributed by atoms with E-state index >= 15 is 0 Å². The van der Waals surface area contributed by atoms with Gasteiger partial charge in [-0.2, -0.15) is 0 Å². The zero-order valence-corrected chi connectivity index (χ0v) is 19.1. The number of hydrogen-bond acceptors (Lipinski definition) is 5. The number of unbranched alkanes of at least 4 members (excludes halogenated alkanes) is 1. The lowest BCUT2D eigenvalue weighted by Gasteiger charge is -2.14. The molecule has 1 aliphatic heterocycles. The Morgan fingerprint density at radius 3 is 2.60 bits per heavy atom. The average molecular weight is 442 g/mol. The smallest absolute Gasteiger partial charge is 0.266 e. The van der Waals surface area contributed by atoms with Crippen LogP contribution in [0.3, 0.4) is 0 Å². The molecule has 0 bridgehead atoms. The molecule has 158 valence electrons. The van der Waals surface area contributed by atoms with Crippen LogP contribution in [0.15, 0.2) is 53.4 Å². The molecule has 0 unspecified atom stereocenters. The van der Waals surface area contributed by atoms with Gasteiger partial charge in [0, 0.05) is 6.54 Å². The molecule has 0 spiro atoms. The summed E-state index contributed by atoms with van der Waals surface area (Å²) in [6.07, 6.45) is 4.73. The van der Waals surface area contributed by atoms with E-state index in [1.807, 2.05) is 49.4 Å². The number of amides is 1. The van der Waals surface area contributed by atoms with Crippen molar-refractivity contribution < 1.29 is 14.3 Å². The van der Waals surface area contributed by atoms with Gasteiger partial charge in [0.25, 0.3) is 5.91 Å². The van der Waals surface area contributed by atoms with E-state index in [0.29, 0.717) is 34.7 Å². The van der Waals surface area contributed by atoms with Crippen molar-refractivity contribution in [2.75, 3.05) is 19.8 Å². The molecule has 0 N–H and O–H groups in total. The molecule has 0 aromatic heterocycles. The Kier molecular flexibility index (Phi) is 8.34. The number of rotatable bonds is 10. The Balaban J connectivity index is 1.71. The highest BCUT2D eigenvalue weighted by Crippen LogP contribution is 2.35. The van der Waals surface area contributed by atoms with Crippen molar-refractivity contribution in [1.29, 1.82) is 0 Å². The number of benzene rings is 2. The second-order valence-electron chi connectivity index (χ2n) is 6.91. The van der Waals surface area contributed by atoms with Crippen LogP contribution in [0.1, 0.15) is 37.8 Å². The van der Waals surface area contributed by atoms with Crippen LogP contribution in [0.5, 0.6) is 11.5 Å². The summed E-state index contributed by atoms with van der Waals surface area (Å²) in [5.41, 5.74) is 2.08. The molecule has 30 heavy (non-hydrogen) atoms. The highest BCUT2D eigenvalue weighted by atomic mass is 32.2. The SMILES string of the molecule is CCCCOc1ccc(C=C2SC(=S)N(CCc3ccccc3)C2=O)cc1OCC. The minimum Gasteiger partial charge on any atom is -0.490 e. The minimum absolute atomic E-state index is 0.0397. The first-order valence-electron chi connectivity index (χ1n) is 10.3. The van der Waals surface area contributed by atoms with Crippen molar-refractivity contribution in [2.24, 2.45) is 0 Å². The molecule has 2 aromatic rings. The summed E-state index contributed by atoms with van der Waals surface area (Å²) in [6.45, 7) is 5.87. The van der Waals surface area contributed by atoms with E-state index in [1.165, 1.54) is 17.3 Å². The van der Waals surface area contributed by atoms with Gasteiger partial charge in [0.2, 0.25) is 0 Å². The van der Waals surface area contributed by atoms with Crippen molar-refractivity contribution in [1.82, 2.24) is 4.90 Å². The zero-order chi connectivity index (χ0) is 21.3. The average Bonchev–Trinajstić information content (AvgIpc) is 3.01. The van der Waals surface area contributed by atoms with Crippen LogP contribution in [-0.4, -0.2) is 34.9 Å². The van der Waals surface area contributed by atoms with E-state index in [-0.39, 0.29) is 5.91 Å². The number of thioether (sulfide) groups is 1. The van der Waals surface area contributed by atoms with Crippen molar-refractivity contribution in [3.8, 4) is 11.5 Å². The Labute approximate surface area is 188 Å². The van der Waals surface area contributed by atoms with Crippen LogP contribution >= 0.6 is 24.0 Å². The molecule has 6 heteroatoms. The van der Waals surface area contributed by atoms with Gasteiger partial charge >= 0.3 is 0 Å². The van der Waals surface area contributed by atoms with Crippen molar-refractivity contribution >= 4 is 40.3 Å². The van der Waals surface area contributed by atoms with Crippen molar-refractivity contribution in [3.63, 3.8) is 0 Å². The van der Waals surface area contributed by atoms with E-state index in [1.54, 1.807) is 4.90 Å². The molecule has 1 saturated heterocycles. The fourth-order valence-electron chi connectivity index (χ4n) is 3.06. The van der Waals surface area contributed by atoms with Crippen LogP contribution in [0.2, 0.25) is 0 Å². The number of thiocarbonyl (C=S) groups is 1. The normalized spacial score (nSPS) is 15.1. The molecule has 1 amide bonds. The third-order valence-corrected chi connectivity index (χ3v) is 6.04. The van der Waals surface area contributed by atoms with Crippen LogP contribution in [0.4, 0.5) is 0 Å².